The van der Waals surface area contributed by atoms with Gasteiger partial charge < -0.3 is 10.4 Å². The molecule has 0 radical (unpaired) electrons. The molecule has 0 fully saturated rings. The maximum atomic E-state index is 12.3. The van der Waals surface area contributed by atoms with Gasteiger partial charge in [-0.15, -0.1) is 0 Å². The second-order valence-corrected chi connectivity index (χ2v) is 3.91. The number of hydrogen-bond donors (Lipinski definition) is 2. The molecule has 4 nitrogen and oxygen atoms in total. The lowest BCUT2D eigenvalue weighted by Gasteiger charge is -2.14. The first-order valence-electron chi connectivity index (χ1n) is 5.30. The van der Waals surface area contributed by atoms with Gasteiger partial charge in [0.15, 0.2) is 0 Å². The van der Waals surface area contributed by atoms with Crippen LogP contribution < -0.4 is 5.32 Å². The molecule has 0 bridgehead atoms. The van der Waals surface area contributed by atoms with E-state index in [1.165, 1.54) is 6.07 Å². The third-order valence-electron chi connectivity index (χ3n) is 2.28. The largest absolute Gasteiger partial charge is 0.481 e. The van der Waals surface area contributed by atoms with Crippen molar-refractivity contribution in [2.24, 2.45) is 0 Å². The third kappa shape index (κ3) is 4.60. The molecule has 0 aliphatic rings. The van der Waals surface area contributed by atoms with Crippen molar-refractivity contribution in [3.63, 3.8) is 0 Å². The number of nitrogens with one attached hydrogen (secondary N) is 1. The van der Waals surface area contributed by atoms with Crippen LogP contribution in [0.2, 0.25) is 0 Å². The maximum Gasteiger partial charge on any atom is 0.417 e. The molecule has 0 saturated carbocycles. The first kappa shape index (κ1) is 14.3. The van der Waals surface area contributed by atoms with Crippen LogP contribution in [0.3, 0.4) is 0 Å². The Hall–Kier alpha value is -1.79. The second kappa shape index (κ2) is 5.70. The minimum Gasteiger partial charge on any atom is -0.481 e. The van der Waals surface area contributed by atoms with Crippen molar-refractivity contribution >= 4 is 11.8 Å². The molecule has 1 aromatic rings. The molecule has 0 aliphatic carbocycles. The van der Waals surface area contributed by atoms with E-state index in [4.69, 9.17) is 5.11 Å². The zero-order chi connectivity index (χ0) is 13.8. The number of nitrogens with zero attached hydrogens (tertiary/aromatic N) is 1. The number of anilines is 1. The summed E-state index contributed by atoms with van der Waals surface area (Å²) in [7, 11) is 0. The first-order chi connectivity index (χ1) is 8.29. The number of aromatic nitrogens is 1. The molecule has 1 aromatic heterocycles. The fraction of sp³-hybridized carbons (Fsp3) is 0.455. The SMILES string of the molecule is CC(CCC(=O)O)Nc1ccc(C(F)(F)F)cn1. The number of pyridine rings is 1. The van der Waals surface area contributed by atoms with Gasteiger partial charge in [-0.1, -0.05) is 0 Å². The fourth-order valence-corrected chi connectivity index (χ4v) is 1.31. The molecule has 7 heteroatoms. The lowest BCUT2D eigenvalue weighted by atomic mass is 10.2. The predicted molar refractivity (Wildman–Crippen MR) is 59.2 cm³/mol. The highest BCUT2D eigenvalue weighted by molar-refractivity contribution is 5.66. The Balaban J connectivity index is 2.56. The van der Waals surface area contributed by atoms with E-state index in [-0.39, 0.29) is 12.5 Å². The van der Waals surface area contributed by atoms with Crippen molar-refractivity contribution < 1.29 is 23.1 Å². The number of carbonyl (C=O) groups is 1. The Kier molecular flexibility index (Phi) is 4.52. The van der Waals surface area contributed by atoms with E-state index in [0.29, 0.717) is 12.2 Å². The van der Waals surface area contributed by atoms with E-state index in [0.717, 1.165) is 12.3 Å². The molecule has 0 aliphatic heterocycles. The highest BCUT2D eigenvalue weighted by Gasteiger charge is 2.30. The molecular formula is C11H13F3N2O2. The van der Waals surface area contributed by atoms with Crippen LogP contribution in [0.5, 0.6) is 0 Å². The summed E-state index contributed by atoms with van der Waals surface area (Å²) in [4.78, 5) is 14.0. The average Bonchev–Trinajstić information content (AvgIpc) is 2.26. The van der Waals surface area contributed by atoms with Crippen LogP contribution >= 0.6 is 0 Å². The van der Waals surface area contributed by atoms with Gasteiger partial charge in [0.2, 0.25) is 0 Å². The molecule has 1 atom stereocenters. The van der Waals surface area contributed by atoms with E-state index in [9.17, 15) is 18.0 Å². The highest BCUT2D eigenvalue weighted by atomic mass is 19.4. The summed E-state index contributed by atoms with van der Waals surface area (Å²) < 4.78 is 36.8. The summed E-state index contributed by atoms with van der Waals surface area (Å²) in [5.74, 6) is -0.620. The molecule has 1 unspecified atom stereocenters. The van der Waals surface area contributed by atoms with Gasteiger partial charge in [-0.3, -0.25) is 4.79 Å². The molecule has 100 valence electrons. The Bertz CT molecular complexity index is 404. The normalized spacial score (nSPS) is 13.1. The molecular weight excluding hydrogens is 249 g/mol. The summed E-state index contributed by atoms with van der Waals surface area (Å²) in [6.45, 7) is 1.74. The van der Waals surface area contributed by atoms with Crippen LogP contribution in [0.15, 0.2) is 18.3 Å². The summed E-state index contributed by atoms with van der Waals surface area (Å²) in [5, 5.41) is 11.3. The highest BCUT2D eigenvalue weighted by Crippen LogP contribution is 2.28. The summed E-state index contributed by atoms with van der Waals surface area (Å²) in [6, 6.07) is 1.98. The zero-order valence-corrected chi connectivity index (χ0v) is 9.66. The topological polar surface area (TPSA) is 62.2 Å². The van der Waals surface area contributed by atoms with Gasteiger partial charge in [-0.05, 0) is 25.5 Å². The number of carboxylic acids is 1. The van der Waals surface area contributed by atoms with E-state index in [1.807, 2.05) is 0 Å². The van der Waals surface area contributed by atoms with E-state index < -0.39 is 17.7 Å². The van der Waals surface area contributed by atoms with Gasteiger partial charge in [0, 0.05) is 18.7 Å². The van der Waals surface area contributed by atoms with Crippen molar-refractivity contribution in [3.8, 4) is 0 Å². The van der Waals surface area contributed by atoms with E-state index in [2.05, 4.69) is 10.3 Å². The van der Waals surface area contributed by atoms with E-state index >= 15 is 0 Å². The number of hydrogen-bond acceptors (Lipinski definition) is 3. The van der Waals surface area contributed by atoms with Crippen LogP contribution in [0, 0.1) is 0 Å². The second-order valence-electron chi connectivity index (χ2n) is 3.91. The zero-order valence-electron chi connectivity index (χ0n) is 9.66. The fourth-order valence-electron chi connectivity index (χ4n) is 1.31. The molecule has 1 heterocycles. The minimum absolute atomic E-state index is 0.00516. The lowest BCUT2D eigenvalue weighted by Crippen LogP contribution is -2.17. The number of alkyl halides is 3. The van der Waals surface area contributed by atoms with Gasteiger partial charge in [0.1, 0.15) is 5.82 Å². The van der Waals surface area contributed by atoms with Crippen LogP contribution in [-0.2, 0) is 11.0 Å². The van der Waals surface area contributed by atoms with Crippen molar-refractivity contribution in [2.45, 2.75) is 32.0 Å². The smallest absolute Gasteiger partial charge is 0.417 e. The number of halogens is 3. The summed E-state index contributed by atoms with van der Waals surface area (Å²) in [6.07, 6.45) is -3.29. The number of aliphatic carboxylic acids is 1. The van der Waals surface area contributed by atoms with Crippen LogP contribution in [0.4, 0.5) is 19.0 Å². The van der Waals surface area contributed by atoms with Crippen LogP contribution in [0.1, 0.15) is 25.3 Å². The monoisotopic (exact) mass is 262 g/mol. The molecule has 18 heavy (non-hydrogen) atoms. The Morgan fingerprint density at radius 3 is 2.61 bits per heavy atom. The van der Waals surface area contributed by atoms with Gasteiger partial charge in [-0.25, -0.2) is 4.98 Å². The molecule has 0 amide bonds. The van der Waals surface area contributed by atoms with Gasteiger partial charge in [-0.2, -0.15) is 13.2 Å². The van der Waals surface area contributed by atoms with Gasteiger partial charge in [0.05, 0.1) is 5.56 Å². The molecule has 0 aromatic carbocycles. The molecule has 2 N–H and O–H groups in total. The summed E-state index contributed by atoms with van der Waals surface area (Å²) >= 11 is 0. The standard InChI is InChI=1S/C11H13F3N2O2/c1-7(2-5-10(17)18)16-9-4-3-8(6-15-9)11(12,13)14/h3-4,6-7H,2,5H2,1H3,(H,15,16)(H,17,18). The Labute approximate surface area is 102 Å². The van der Waals surface area contributed by atoms with Crippen molar-refractivity contribution in [3.05, 3.63) is 23.9 Å². The maximum absolute atomic E-state index is 12.3. The quantitative estimate of drug-likeness (QED) is 0.856. The van der Waals surface area contributed by atoms with Gasteiger partial charge in [0.25, 0.3) is 0 Å². The number of carboxylic acid groups (broad SMARTS) is 1. The summed E-state index contributed by atoms with van der Waals surface area (Å²) in [5.41, 5.74) is -0.814. The Morgan fingerprint density at radius 1 is 1.50 bits per heavy atom. The molecule has 1 rings (SSSR count). The van der Waals surface area contributed by atoms with Crippen molar-refractivity contribution in [1.29, 1.82) is 0 Å². The third-order valence-corrected chi connectivity index (χ3v) is 2.28. The van der Waals surface area contributed by atoms with E-state index in [1.54, 1.807) is 6.92 Å². The van der Waals surface area contributed by atoms with Gasteiger partial charge >= 0.3 is 12.1 Å². The number of rotatable bonds is 5. The van der Waals surface area contributed by atoms with Crippen molar-refractivity contribution in [2.75, 3.05) is 5.32 Å². The first-order valence-corrected chi connectivity index (χ1v) is 5.30. The van der Waals surface area contributed by atoms with Crippen molar-refractivity contribution in [1.82, 2.24) is 4.98 Å². The Morgan fingerprint density at radius 2 is 2.17 bits per heavy atom. The average molecular weight is 262 g/mol. The minimum atomic E-state index is -4.40. The lowest BCUT2D eigenvalue weighted by molar-refractivity contribution is -0.138. The molecule has 0 spiro atoms. The predicted octanol–water partition coefficient (Wildman–Crippen LogP) is 2.77. The van der Waals surface area contributed by atoms with Crippen LogP contribution in [0.25, 0.3) is 0 Å². The van der Waals surface area contributed by atoms with Crippen LogP contribution in [-0.4, -0.2) is 22.1 Å². The molecule has 0 saturated heterocycles.